The van der Waals surface area contributed by atoms with Gasteiger partial charge in [0.05, 0.1) is 0 Å². The van der Waals surface area contributed by atoms with Crippen molar-refractivity contribution in [1.82, 2.24) is 10.6 Å². The molecule has 3 nitrogen and oxygen atoms in total. The molecule has 1 amide bonds. The first-order valence-corrected chi connectivity index (χ1v) is 5.93. The lowest BCUT2D eigenvalue weighted by molar-refractivity contribution is -0.121. The Morgan fingerprint density at radius 1 is 1.19 bits per heavy atom. The predicted octanol–water partition coefficient (Wildman–Crippen LogP) is 2.35. The van der Waals surface area contributed by atoms with Crippen molar-refractivity contribution in [3.8, 4) is 0 Å². The van der Waals surface area contributed by atoms with Gasteiger partial charge in [0.1, 0.15) is 0 Å². The zero-order chi connectivity index (χ0) is 11.7. The van der Waals surface area contributed by atoms with Crippen LogP contribution < -0.4 is 10.6 Å². The van der Waals surface area contributed by atoms with Crippen LogP contribution in [0.15, 0.2) is 0 Å². The van der Waals surface area contributed by atoms with E-state index in [1.54, 1.807) is 0 Å². The van der Waals surface area contributed by atoms with E-state index in [4.69, 9.17) is 0 Å². The number of halogens is 1. The van der Waals surface area contributed by atoms with Gasteiger partial charge in [0, 0.05) is 19.5 Å². The fourth-order valence-electron chi connectivity index (χ4n) is 1.33. The zero-order valence-electron chi connectivity index (χ0n) is 11.1. The second-order valence-corrected chi connectivity index (χ2v) is 5.12. The number of hydrogen-bond donors (Lipinski definition) is 2. The van der Waals surface area contributed by atoms with Gasteiger partial charge in [-0.05, 0) is 24.8 Å². The summed E-state index contributed by atoms with van der Waals surface area (Å²) in [6, 6.07) is 0. The van der Waals surface area contributed by atoms with Crippen LogP contribution in [0.1, 0.15) is 47.0 Å². The van der Waals surface area contributed by atoms with Crippen LogP contribution in [0.4, 0.5) is 0 Å². The summed E-state index contributed by atoms with van der Waals surface area (Å²) in [4.78, 5) is 11.4. The van der Waals surface area contributed by atoms with E-state index in [0.29, 0.717) is 11.8 Å². The van der Waals surface area contributed by atoms with Gasteiger partial charge in [0.2, 0.25) is 5.91 Å². The molecule has 98 valence electrons. The van der Waals surface area contributed by atoms with E-state index in [1.165, 1.54) is 0 Å². The number of amides is 1. The van der Waals surface area contributed by atoms with Crippen LogP contribution in [0.3, 0.4) is 0 Å². The molecule has 0 aliphatic carbocycles. The molecule has 0 rings (SSSR count). The van der Waals surface area contributed by atoms with E-state index in [1.807, 2.05) is 0 Å². The average Bonchev–Trinajstić information content (AvgIpc) is 2.10. The van der Waals surface area contributed by atoms with Gasteiger partial charge in [0.25, 0.3) is 0 Å². The quantitative estimate of drug-likeness (QED) is 0.681. The molecule has 0 unspecified atom stereocenters. The molecule has 0 aromatic heterocycles. The lowest BCUT2D eigenvalue weighted by Gasteiger charge is -2.17. The molecule has 0 aromatic rings. The number of hydrogen-bond acceptors (Lipinski definition) is 2. The molecule has 0 bridgehead atoms. The minimum atomic E-state index is 0. The van der Waals surface area contributed by atoms with Gasteiger partial charge in [-0.25, -0.2) is 0 Å². The number of likely N-dealkylation sites (N-methyl/N-ethyl adjacent to an activating group) is 1. The Labute approximate surface area is 106 Å². The molecule has 0 fully saturated rings. The Morgan fingerprint density at radius 3 is 2.31 bits per heavy atom. The van der Waals surface area contributed by atoms with E-state index in [0.717, 1.165) is 32.5 Å². The minimum Gasteiger partial charge on any atom is -0.355 e. The third kappa shape index (κ3) is 13.7. The molecule has 0 aromatic carbocycles. The topological polar surface area (TPSA) is 41.1 Å². The van der Waals surface area contributed by atoms with Gasteiger partial charge in [-0.2, -0.15) is 0 Å². The van der Waals surface area contributed by atoms with Crippen molar-refractivity contribution in [2.45, 2.75) is 47.0 Å². The Morgan fingerprint density at radius 2 is 1.81 bits per heavy atom. The monoisotopic (exact) mass is 250 g/mol. The van der Waals surface area contributed by atoms with E-state index in [9.17, 15) is 4.79 Å². The highest BCUT2D eigenvalue weighted by Crippen LogP contribution is 2.21. The lowest BCUT2D eigenvalue weighted by atomic mass is 9.90. The van der Waals surface area contributed by atoms with Gasteiger partial charge in [-0.3, -0.25) is 4.79 Å². The van der Waals surface area contributed by atoms with Crippen LogP contribution in [0.25, 0.3) is 0 Å². The van der Waals surface area contributed by atoms with Crippen LogP contribution >= 0.6 is 12.4 Å². The molecule has 0 saturated heterocycles. The highest BCUT2D eigenvalue weighted by molar-refractivity contribution is 5.85. The Balaban J connectivity index is 0. The van der Waals surface area contributed by atoms with Gasteiger partial charge >= 0.3 is 0 Å². The molecular formula is C12H27ClN2O. The number of nitrogens with one attached hydrogen (secondary N) is 2. The molecule has 0 atom stereocenters. The van der Waals surface area contributed by atoms with Crippen molar-refractivity contribution in [3.63, 3.8) is 0 Å². The van der Waals surface area contributed by atoms with E-state index in [2.05, 4.69) is 38.3 Å². The van der Waals surface area contributed by atoms with Crippen LogP contribution in [-0.4, -0.2) is 25.5 Å². The summed E-state index contributed by atoms with van der Waals surface area (Å²) in [5, 5.41) is 6.07. The van der Waals surface area contributed by atoms with Crippen LogP contribution in [0.2, 0.25) is 0 Å². The molecule has 0 aliphatic heterocycles. The summed E-state index contributed by atoms with van der Waals surface area (Å²) in [7, 11) is 0. The second-order valence-electron chi connectivity index (χ2n) is 5.12. The maximum absolute atomic E-state index is 11.4. The molecule has 0 aliphatic rings. The first kappa shape index (κ1) is 18.1. The molecule has 0 saturated carbocycles. The zero-order valence-corrected chi connectivity index (χ0v) is 11.9. The molecule has 4 heteroatoms. The number of carbonyl (C=O) groups excluding carboxylic acids is 1. The van der Waals surface area contributed by atoms with Crippen molar-refractivity contribution in [3.05, 3.63) is 0 Å². The molecule has 2 N–H and O–H groups in total. The molecule has 0 heterocycles. The first-order valence-electron chi connectivity index (χ1n) is 5.93. The second kappa shape index (κ2) is 9.91. The van der Waals surface area contributed by atoms with Crippen molar-refractivity contribution >= 4 is 18.3 Å². The minimum absolute atomic E-state index is 0. The van der Waals surface area contributed by atoms with Gasteiger partial charge in [-0.1, -0.05) is 27.7 Å². The number of rotatable bonds is 7. The van der Waals surface area contributed by atoms with Crippen LogP contribution in [0, 0.1) is 5.41 Å². The standard InChI is InChI=1S/C12H26N2O.ClH/c1-5-13-9-10-14-11(15)7-6-8-12(2,3)4;/h13H,5-10H2,1-4H3,(H,14,15);1H. The SMILES string of the molecule is CCNCCNC(=O)CCCC(C)(C)C.Cl. The summed E-state index contributed by atoms with van der Waals surface area (Å²) in [6.07, 6.45) is 2.74. The lowest BCUT2D eigenvalue weighted by Crippen LogP contribution is -2.31. The third-order valence-electron chi connectivity index (χ3n) is 2.20. The molecule has 0 radical (unpaired) electrons. The fourth-order valence-corrected chi connectivity index (χ4v) is 1.33. The van der Waals surface area contributed by atoms with Crippen molar-refractivity contribution in [1.29, 1.82) is 0 Å². The van der Waals surface area contributed by atoms with Crippen molar-refractivity contribution < 1.29 is 4.79 Å². The van der Waals surface area contributed by atoms with Crippen LogP contribution in [-0.2, 0) is 4.79 Å². The molecule has 0 spiro atoms. The van der Waals surface area contributed by atoms with Gasteiger partial charge in [0.15, 0.2) is 0 Å². The largest absolute Gasteiger partial charge is 0.355 e. The highest BCUT2D eigenvalue weighted by Gasteiger charge is 2.10. The first-order chi connectivity index (χ1) is 6.95. The third-order valence-corrected chi connectivity index (χ3v) is 2.20. The Hall–Kier alpha value is -0.280. The fraction of sp³-hybridized carbons (Fsp3) is 0.917. The average molecular weight is 251 g/mol. The van der Waals surface area contributed by atoms with Crippen LogP contribution in [0.5, 0.6) is 0 Å². The maximum atomic E-state index is 11.4. The maximum Gasteiger partial charge on any atom is 0.220 e. The smallest absolute Gasteiger partial charge is 0.220 e. The summed E-state index contributed by atoms with van der Waals surface area (Å²) in [5.74, 6) is 0.178. The van der Waals surface area contributed by atoms with E-state index in [-0.39, 0.29) is 18.3 Å². The Bertz CT molecular complexity index is 178. The number of carbonyl (C=O) groups is 1. The summed E-state index contributed by atoms with van der Waals surface area (Å²) in [5.41, 5.74) is 0.337. The van der Waals surface area contributed by atoms with E-state index >= 15 is 0 Å². The van der Waals surface area contributed by atoms with Gasteiger partial charge < -0.3 is 10.6 Å². The predicted molar refractivity (Wildman–Crippen MR) is 72.1 cm³/mol. The van der Waals surface area contributed by atoms with Gasteiger partial charge in [-0.15, -0.1) is 12.4 Å². The summed E-state index contributed by atoms with van der Waals surface area (Å²) in [6.45, 7) is 11.2. The Kier molecular flexibility index (Phi) is 11.2. The summed E-state index contributed by atoms with van der Waals surface area (Å²) < 4.78 is 0. The van der Waals surface area contributed by atoms with Crippen molar-refractivity contribution in [2.24, 2.45) is 5.41 Å². The normalized spacial score (nSPS) is 10.8. The van der Waals surface area contributed by atoms with Crippen molar-refractivity contribution in [2.75, 3.05) is 19.6 Å². The molecular weight excluding hydrogens is 224 g/mol. The molecule has 16 heavy (non-hydrogen) atoms. The highest BCUT2D eigenvalue weighted by atomic mass is 35.5. The summed E-state index contributed by atoms with van der Waals surface area (Å²) >= 11 is 0. The van der Waals surface area contributed by atoms with E-state index < -0.39 is 0 Å².